The molecule has 130 valence electrons. The van der Waals surface area contributed by atoms with E-state index in [1.54, 1.807) is 0 Å². The first-order valence-corrected chi connectivity index (χ1v) is 7.67. The predicted octanol–water partition coefficient (Wildman–Crippen LogP) is 1.70. The number of amides is 3. The second-order valence-electron chi connectivity index (χ2n) is 5.44. The number of hydrogen-bond donors (Lipinski definition) is 2. The number of carbonyl (C=O) groups excluding carboxylic acids is 2. The van der Waals surface area contributed by atoms with Crippen LogP contribution in [-0.4, -0.2) is 54.1 Å². The maximum Gasteiger partial charge on any atom is 0.317 e. The van der Waals surface area contributed by atoms with Crippen molar-refractivity contribution in [3.63, 3.8) is 0 Å². The average Bonchev–Trinajstić information content (AvgIpc) is 2.88. The number of nitrogens with one attached hydrogen (secondary N) is 1. The first-order valence-electron chi connectivity index (χ1n) is 7.29. The minimum atomic E-state index is -1.01. The number of carboxylic acid groups (broad SMARTS) is 1. The standard InChI is InChI=1S/C15H17ClFN3O4/c1-19(6-5-13(21)22)15(24)18-12-4-7-20(14(12)23)9-2-3-11(17)10(16)8-9/h2-3,8,12H,4-7H2,1H3,(H,18,24)(H,21,22). The Balaban J connectivity index is 1.97. The lowest BCUT2D eigenvalue weighted by Gasteiger charge is -2.21. The fourth-order valence-corrected chi connectivity index (χ4v) is 2.52. The summed E-state index contributed by atoms with van der Waals surface area (Å²) in [5.74, 6) is -1.90. The van der Waals surface area contributed by atoms with Crippen molar-refractivity contribution in [2.45, 2.75) is 18.9 Å². The summed E-state index contributed by atoms with van der Waals surface area (Å²) >= 11 is 5.73. The molecule has 1 aliphatic heterocycles. The SMILES string of the molecule is CN(CCC(=O)O)C(=O)NC1CCN(c2ccc(F)c(Cl)c2)C1=O. The van der Waals surface area contributed by atoms with E-state index in [0.29, 0.717) is 18.7 Å². The fraction of sp³-hybridized carbons (Fsp3) is 0.400. The summed E-state index contributed by atoms with van der Waals surface area (Å²) in [4.78, 5) is 37.5. The third kappa shape index (κ3) is 4.14. The summed E-state index contributed by atoms with van der Waals surface area (Å²) in [5.41, 5.74) is 0.461. The highest BCUT2D eigenvalue weighted by Crippen LogP contribution is 2.26. The Bertz CT molecular complexity index is 670. The maximum atomic E-state index is 13.2. The van der Waals surface area contributed by atoms with Gasteiger partial charge in [0, 0.05) is 25.8 Å². The van der Waals surface area contributed by atoms with Gasteiger partial charge in [-0.15, -0.1) is 0 Å². The number of carbonyl (C=O) groups is 3. The monoisotopic (exact) mass is 357 g/mol. The summed E-state index contributed by atoms with van der Waals surface area (Å²) in [6.07, 6.45) is 0.217. The molecule has 24 heavy (non-hydrogen) atoms. The summed E-state index contributed by atoms with van der Waals surface area (Å²) < 4.78 is 13.2. The molecule has 1 unspecified atom stereocenters. The van der Waals surface area contributed by atoms with E-state index in [2.05, 4.69) is 5.32 Å². The van der Waals surface area contributed by atoms with Crippen molar-refractivity contribution in [1.29, 1.82) is 0 Å². The highest BCUT2D eigenvalue weighted by atomic mass is 35.5. The van der Waals surface area contributed by atoms with E-state index < -0.39 is 23.9 Å². The minimum absolute atomic E-state index is 0.0410. The molecule has 9 heteroatoms. The molecular formula is C15H17ClFN3O4. The van der Waals surface area contributed by atoms with E-state index >= 15 is 0 Å². The van der Waals surface area contributed by atoms with Gasteiger partial charge in [0.05, 0.1) is 11.4 Å². The van der Waals surface area contributed by atoms with Crippen molar-refractivity contribution in [3.05, 3.63) is 29.0 Å². The molecule has 1 atom stereocenters. The number of anilines is 1. The summed E-state index contributed by atoms with van der Waals surface area (Å²) in [5, 5.41) is 11.1. The largest absolute Gasteiger partial charge is 0.481 e. The van der Waals surface area contributed by atoms with Crippen LogP contribution in [-0.2, 0) is 9.59 Å². The first-order chi connectivity index (χ1) is 11.3. The molecule has 0 spiro atoms. The van der Waals surface area contributed by atoms with E-state index in [0.717, 1.165) is 0 Å². The van der Waals surface area contributed by atoms with Crippen LogP contribution in [0, 0.1) is 5.82 Å². The number of aliphatic carboxylic acids is 1. The molecule has 1 saturated heterocycles. The second-order valence-corrected chi connectivity index (χ2v) is 5.85. The third-order valence-electron chi connectivity index (χ3n) is 3.73. The van der Waals surface area contributed by atoms with Crippen LogP contribution in [0.3, 0.4) is 0 Å². The van der Waals surface area contributed by atoms with E-state index in [-0.39, 0.29) is 23.9 Å². The zero-order valence-electron chi connectivity index (χ0n) is 13.0. The van der Waals surface area contributed by atoms with Crippen molar-refractivity contribution in [1.82, 2.24) is 10.2 Å². The number of benzene rings is 1. The van der Waals surface area contributed by atoms with Gasteiger partial charge in [0.1, 0.15) is 11.9 Å². The second kappa shape index (κ2) is 7.48. The molecule has 0 bridgehead atoms. The smallest absolute Gasteiger partial charge is 0.317 e. The van der Waals surface area contributed by atoms with Crippen LogP contribution in [0.1, 0.15) is 12.8 Å². The van der Waals surface area contributed by atoms with Crippen LogP contribution >= 0.6 is 11.6 Å². The van der Waals surface area contributed by atoms with Crippen LogP contribution in [0.15, 0.2) is 18.2 Å². The van der Waals surface area contributed by atoms with E-state index in [1.807, 2.05) is 0 Å². The molecule has 1 fully saturated rings. The van der Waals surface area contributed by atoms with Gasteiger partial charge in [-0.2, -0.15) is 0 Å². The lowest BCUT2D eigenvalue weighted by Crippen LogP contribution is -2.47. The van der Waals surface area contributed by atoms with Crippen LogP contribution < -0.4 is 10.2 Å². The van der Waals surface area contributed by atoms with Crippen LogP contribution in [0.25, 0.3) is 0 Å². The number of nitrogens with zero attached hydrogens (tertiary/aromatic N) is 2. The Kier molecular flexibility index (Phi) is 5.61. The summed E-state index contributed by atoms with van der Waals surface area (Å²) in [6, 6.07) is 2.75. The maximum absolute atomic E-state index is 13.2. The number of rotatable bonds is 5. The Hall–Kier alpha value is -2.35. The first kappa shape index (κ1) is 18.0. The predicted molar refractivity (Wildman–Crippen MR) is 85.6 cm³/mol. The molecule has 2 rings (SSSR count). The molecule has 0 saturated carbocycles. The topological polar surface area (TPSA) is 89.9 Å². The van der Waals surface area contributed by atoms with Gasteiger partial charge in [-0.05, 0) is 24.6 Å². The van der Waals surface area contributed by atoms with Crippen LogP contribution in [0.4, 0.5) is 14.9 Å². The molecule has 1 heterocycles. The third-order valence-corrected chi connectivity index (χ3v) is 4.02. The molecule has 0 radical (unpaired) electrons. The fourth-order valence-electron chi connectivity index (χ4n) is 2.35. The van der Waals surface area contributed by atoms with E-state index in [1.165, 1.54) is 35.0 Å². The lowest BCUT2D eigenvalue weighted by molar-refractivity contribution is -0.137. The molecule has 1 aromatic carbocycles. The summed E-state index contributed by atoms with van der Waals surface area (Å²) in [6.45, 7) is 0.407. The molecule has 0 aromatic heterocycles. The van der Waals surface area contributed by atoms with Crippen molar-refractivity contribution >= 4 is 35.2 Å². The number of urea groups is 1. The molecule has 2 N–H and O–H groups in total. The highest BCUT2D eigenvalue weighted by molar-refractivity contribution is 6.31. The Morgan fingerprint density at radius 3 is 2.83 bits per heavy atom. The molecule has 1 aliphatic rings. The zero-order chi connectivity index (χ0) is 17.9. The minimum Gasteiger partial charge on any atom is -0.481 e. The van der Waals surface area contributed by atoms with Gasteiger partial charge >= 0.3 is 12.0 Å². The molecule has 3 amide bonds. The Labute approximate surface area is 143 Å². The lowest BCUT2D eigenvalue weighted by atomic mass is 10.2. The van der Waals surface area contributed by atoms with Crippen LogP contribution in [0.5, 0.6) is 0 Å². The number of halogens is 2. The quantitative estimate of drug-likeness (QED) is 0.839. The Morgan fingerprint density at radius 2 is 2.21 bits per heavy atom. The van der Waals surface area contributed by atoms with Crippen molar-refractivity contribution in [2.75, 3.05) is 25.0 Å². The average molecular weight is 358 g/mol. The van der Waals surface area contributed by atoms with Crippen LogP contribution in [0.2, 0.25) is 5.02 Å². The van der Waals surface area contributed by atoms with E-state index in [9.17, 15) is 18.8 Å². The van der Waals surface area contributed by atoms with Gasteiger partial charge in [0.15, 0.2) is 0 Å². The highest BCUT2D eigenvalue weighted by Gasteiger charge is 2.34. The number of carboxylic acids is 1. The van der Waals surface area contributed by atoms with Gasteiger partial charge in [-0.1, -0.05) is 11.6 Å². The van der Waals surface area contributed by atoms with Crippen molar-refractivity contribution in [2.24, 2.45) is 0 Å². The molecule has 1 aromatic rings. The van der Waals surface area contributed by atoms with E-state index in [4.69, 9.17) is 16.7 Å². The van der Waals surface area contributed by atoms with Gasteiger partial charge in [-0.3, -0.25) is 9.59 Å². The normalized spacial score (nSPS) is 17.0. The molecular weight excluding hydrogens is 341 g/mol. The van der Waals surface area contributed by atoms with Gasteiger partial charge in [0.2, 0.25) is 5.91 Å². The number of hydrogen-bond acceptors (Lipinski definition) is 3. The van der Waals surface area contributed by atoms with Crippen molar-refractivity contribution < 1.29 is 23.9 Å². The van der Waals surface area contributed by atoms with Gasteiger partial charge < -0.3 is 20.2 Å². The molecule has 7 nitrogen and oxygen atoms in total. The van der Waals surface area contributed by atoms with Gasteiger partial charge in [0.25, 0.3) is 0 Å². The van der Waals surface area contributed by atoms with Crippen molar-refractivity contribution in [3.8, 4) is 0 Å². The zero-order valence-corrected chi connectivity index (χ0v) is 13.7. The summed E-state index contributed by atoms with van der Waals surface area (Å²) in [7, 11) is 1.45. The van der Waals surface area contributed by atoms with Gasteiger partial charge in [-0.25, -0.2) is 9.18 Å². The molecule has 0 aliphatic carbocycles. The Morgan fingerprint density at radius 1 is 1.50 bits per heavy atom.